The Morgan fingerprint density at radius 2 is 1.91 bits per heavy atom. The lowest BCUT2D eigenvalue weighted by atomic mass is 9.97. The third-order valence-corrected chi connectivity index (χ3v) is 3.19. The molecule has 2 unspecified atom stereocenters. The van der Waals surface area contributed by atoms with Gasteiger partial charge in [-0.2, -0.15) is 0 Å². The summed E-state index contributed by atoms with van der Waals surface area (Å²) in [6.07, 6.45) is -0.895. The number of carbonyl (C=O) groups excluding carboxylic acids is 2. The summed E-state index contributed by atoms with van der Waals surface area (Å²) in [5.74, 6) is -0.563. The Kier molecular flexibility index (Phi) is 6.01. The van der Waals surface area contributed by atoms with Crippen LogP contribution in [-0.2, 0) is 19.0 Å². The van der Waals surface area contributed by atoms with E-state index in [1.54, 1.807) is 20.8 Å². The molecule has 1 aliphatic heterocycles. The number of hydrogen-bond acceptors (Lipinski definition) is 6. The van der Waals surface area contributed by atoms with Crippen LogP contribution in [0.15, 0.2) is 5.11 Å². The minimum atomic E-state index is -0.886. The van der Waals surface area contributed by atoms with Crippen LogP contribution in [0.4, 0.5) is 4.79 Å². The standard InChI is InChI=1S/C13H22N4O5/c1-13(2,3)22-12(19)17-9(11(18)21-5)7-6-8(15-16-14)10(17)20-4/h8-10H,6-7H2,1-5H3/t8?,9-,10?/m0/s1. The Morgan fingerprint density at radius 1 is 1.27 bits per heavy atom. The van der Waals surface area contributed by atoms with Crippen LogP contribution < -0.4 is 0 Å². The van der Waals surface area contributed by atoms with E-state index in [1.807, 2.05) is 0 Å². The van der Waals surface area contributed by atoms with E-state index >= 15 is 0 Å². The van der Waals surface area contributed by atoms with Gasteiger partial charge in [-0.05, 0) is 39.1 Å². The molecule has 1 aliphatic rings. The molecule has 0 aromatic carbocycles. The summed E-state index contributed by atoms with van der Waals surface area (Å²) >= 11 is 0. The number of carbonyl (C=O) groups is 2. The van der Waals surface area contributed by atoms with Gasteiger partial charge in [-0.3, -0.25) is 4.90 Å². The summed E-state index contributed by atoms with van der Waals surface area (Å²) in [4.78, 5) is 28.3. The van der Waals surface area contributed by atoms with E-state index in [1.165, 1.54) is 14.2 Å². The van der Waals surface area contributed by atoms with Crippen LogP contribution in [0.1, 0.15) is 33.6 Å². The van der Waals surface area contributed by atoms with Crippen LogP contribution in [0.2, 0.25) is 0 Å². The summed E-state index contributed by atoms with van der Waals surface area (Å²) < 4.78 is 15.3. The summed E-state index contributed by atoms with van der Waals surface area (Å²) in [6, 6.07) is -1.43. The SMILES string of the molecule is COC(=O)[C@@H]1CCC(N=[N+]=[N-])C(OC)N1C(=O)OC(C)(C)C. The topological polar surface area (TPSA) is 114 Å². The molecular weight excluding hydrogens is 292 g/mol. The van der Waals surface area contributed by atoms with Gasteiger partial charge in [0.05, 0.1) is 13.2 Å². The van der Waals surface area contributed by atoms with Crippen LogP contribution in [-0.4, -0.2) is 55.1 Å². The molecule has 9 heteroatoms. The van der Waals surface area contributed by atoms with Crippen molar-refractivity contribution in [3.63, 3.8) is 0 Å². The number of esters is 1. The fourth-order valence-electron chi connectivity index (χ4n) is 2.34. The van der Waals surface area contributed by atoms with Gasteiger partial charge in [-0.25, -0.2) is 9.59 Å². The largest absolute Gasteiger partial charge is 0.467 e. The number of methoxy groups -OCH3 is 2. The van der Waals surface area contributed by atoms with Crippen molar-refractivity contribution in [2.24, 2.45) is 5.11 Å². The molecule has 22 heavy (non-hydrogen) atoms. The van der Waals surface area contributed by atoms with Crippen molar-refractivity contribution in [2.75, 3.05) is 14.2 Å². The maximum atomic E-state index is 12.4. The fourth-order valence-corrected chi connectivity index (χ4v) is 2.34. The zero-order valence-corrected chi connectivity index (χ0v) is 13.5. The lowest BCUT2D eigenvalue weighted by Crippen LogP contribution is -2.59. The molecule has 1 amide bonds. The zero-order chi connectivity index (χ0) is 16.9. The van der Waals surface area contributed by atoms with Gasteiger partial charge in [-0.15, -0.1) is 0 Å². The number of amides is 1. The molecule has 0 aromatic heterocycles. The molecular formula is C13H22N4O5. The van der Waals surface area contributed by atoms with Crippen LogP contribution in [0.25, 0.3) is 10.4 Å². The van der Waals surface area contributed by atoms with E-state index in [2.05, 4.69) is 10.0 Å². The molecule has 0 aromatic rings. The van der Waals surface area contributed by atoms with Crippen molar-refractivity contribution >= 4 is 12.1 Å². The first-order valence-corrected chi connectivity index (χ1v) is 6.91. The predicted octanol–water partition coefficient (Wildman–Crippen LogP) is 2.21. The highest BCUT2D eigenvalue weighted by molar-refractivity contribution is 5.82. The van der Waals surface area contributed by atoms with Gasteiger partial charge in [0.1, 0.15) is 17.9 Å². The molecule has 9 nitrogen and oxygen atoms in total. The first kappa shape index (κ1) is 18.1. The molecule has 1 heterocycles. The average molecular weight is 314 g/mol. The van der Waals surface area contributed by atoms with Crippen molar-refractivity contribution in [3.8, 4) is 0 Å². The molecule has 0 saturated carbocycles. The van der Waals surface area contributed by atoms with Crippen LogP contribution >= 0.6 is 0 Å². The van der Waals surface area contributed by atoms with Gasteiger partial charge in [-0.1, -0.05) is 5.11 Å². The number of likely N-dealkylation sites (tertiary alicyclic amines) is 1. The highest BCUT2D eigenvalue weighted by Gasteiger charge is 2.45. The molecule has 1 rings (SSSR count). The quantitative estimate of drug-likeness (QED) is 0.343. The van der Waals surface area contributed by atoms with Gasteiger partial charge < -0.3 is 14.2 Å². The summed E-state index contributed by atoms with van der Waals surface area (Å²) in [5.41, 5.74) is 7.91. The molecule has 3 atom stereocenters. The van der Waals surface area contributed by atoms with Gasteiger partial charge in [0, 0.05) is 12.0 Å². The molecule has 0 bridgehead atoms. The van der Waals surface area contributed by atoms with Crippen molar-refractivity contribution in [3.05, 3.63) is 10.4 Å². The summed E-state index contributed by atoms with van der Waals surface area (Å²) in [6.45, 7) is 5.15. The molecule has 0 aliphatic carbocycles. The molecule has 1 saturated heterocycles. The second-order valence-corrected chi connectivity index (χ2v) is 5.90. The van der Waals surface area contributed by atoms with Crippen LogP contribution in [0.5, 0.6) is 0 Å². The number of ether oxygens (including phenoxy) is 3. The monoisotopic (exact) mass is 314 g/mol. The zero-order valence-electron chi connectivity index (χ0n) is 13.5. The summed E-state index contributed by atoms with van der Waals surface area (Å²) in [5, 5.41) is 3.64. The number of azide groups is 1. The maximum absolute atomic E-state index is 12.4. The van der Waals surface area contributed by atoms with Gasteiger partial charge in [0.2, 0.25) is 0 Å². The second kappa shape index (κ2) is 7.33. The van der Waals surface area contributed by atoms with Crippen LogP contribution in [0.3, 0.4) is 0 Å². The van der Waals surface area contributed by atoms with E-state index < -0.39 is 36.0 Å². The number of piperidine rings is 1. The Labute approximate surface area is 129 Å². The highest BCUT2D eigenvalue weighted by Crippen LogP contribution is 2.29. The van der Waals surface area contributed by atoms with Gasteiger partial charge in [0.25, 0.3) is 0 Å². The Morgan fingerprint density at radius 3 is 2.36 bits per heavy atom. The van der Waals surface area contributed by atoms with Crippen molar-refractivity contribution in [1.29, 1.82) is 0 Å². The van der Waals surface area contributed by atoms with E-state index in [9.17, 15) is 9.59 Å². The number of rotatable bonds is 3. The highest BCUT2D eigenvalue weighted by atomic mass is 16.6. The minimum Gasteiger partial charge on any atom is -0.467 e. The molecule has 0 radical (unpaired) electrons. The van der Waals surface area contributed by atoms with E-state index in [0.29, 0.717) is 12.8 Å². The Hall–Kier alpha value is -1.99. The molecule has 124 valence electrons. The molecule has 1 fully saturated rings. The normalized spacial score (nSPS) is 25.1. The molecule has 0 spiro atoms. The maximum Gasteiger partial charge on any atom is 0.413 e. The lowest BCUT2D eigenvalue weighted by molar-refractivity contribution is -0.158. The Bertz CT molecular complexity index is 470. The summed E-state index contributed by atoms with van der Waals surface area (Å²) in [7, 11) is 2.62. The fraction of sp³-hybridized carbons (Fsp3) is 0.846. The first-order chi connectivity index (χ1) is 10.2. The van der Waals surface area contributed by atoms with Gasteiger partial charge in [0.15, 0.2) is 0 Å². The van der Waals surface area contributed by atoms with Crippen molar-refractivity contribution < 1.29 is 23.8 Å². The predicted molar refractivity (Wildman–Crippen MR) is 76.8 cm³/mol. The third-order valence-electron chi connectivity index (χ3n) is 3.19. The minimum absolute atomic E-state index is 0.301. The van der Waals surface area contributed by atoms with Gasteiger partial charge >= 0.3 is 12.1 Å². The number of hydrogen-bond donors (Lipinski definition) is 0. The third kappa shape index (κ3) is 4.25. The average Bonchev–Trinajstić information content (AvgIpc) is 2.44. The van der Waals surface area contributed by atoms with Crippen molar-refractivity contribution in [2.45, 2.75) is 57.5 Å². The van der Waals surface area contributed by atoms with E-state index in [0.717, 1.165) is 4.90 Å². The van der Waals surface area contributed by atoms with Crippen LogP contribution in [0, 0.1) is 0 Å². The lowest BCUT2D eigenvalue weighted by Gasteiger charge is -2.42. The van der Waals surface area contributed by atoms with E-state index in [-0.39, 0.29) is 0 Å². The first-order valence-electron chi connectivity index (χ1n) is 6.91. The molecule has 0 N–H and O–H groups in total. The van der Waals surface area contributed by atoms with Crippen molar-refractivity contribution in [1.82, 2.24) is 4.90 Å². The smallest absolute Gasteiger partial charge is 0.413 e. The van der Waals surface area contributed by atoms with E-state index in [4.69, 9.17) is 19.7 Å². The number of nitrogens with zero attached hydrogens (tertiary/aromatic N) is 4. The second-order valence-electron chi connectivity index (χ2n) is 5.90. The Balaban J connectivity index is 3.13.